The number of likely N-dealkylation sites (N-methyl/N-ethyl adjacent to an activating group) is 1. The lowest BCUT2D eigenvalue weighted by Gasteiger charge is -2.56. The van der Waals surface area contributed by atoms with Crippen molar-refractivity contribution in [3.8, 4) is 17.2 Å². The molecular formula is C54H51Cl6N2O9S3+. The molecule has 0 aromatic heterocycles. The summed E-state index contributed by atoms with van der Waals surface area (Å²) in [6.45, 7) is 1.82. The molecule has 1 fully saturated rings. The Morgan fingerprint density at radius 3 is 1.18 bits per heavy atom. The van der Waals surface area contributed by atoms with E-state index >= 15 is 0 Å². The van der Waals surface area contributed by atoms with Crippen molar-refractivity contribution in [2.24, 2.45) is 5.92 Å². The first-order valence-electron chi connectivity index (χ1n) is 23.8. The number of fused-ring (bicyclic) bond motifs is 3. The number of benzene rings is 6. The van der Waals surface area contributed by atoms with Crippen LogP contribution in [-0.4, -0.2) is 98.2 Å². The molecular weight excluding hydrogens is 1130 g/mol. The lowest BCUT2D eigenvalue weighted by atomic mass is 9.84. The van der Waals surface area contributed by atoms with Crippen molar-refractivity contribution < 1.29 is 43.9 Å². The van der Waals surface area contributed by atoms with E-state index in [9.17, 15) is 25.3 Å². The van der Waals surface area contributed by atoms with Crippen molar-refractivity contribution in [2.45, 2.75) is 76.8 Å². The number of hydrogen-bond donors (Lipinski definition) is 0. The van der Waals surface area contributed by atoms with Gasteiger partial charge in [0, 0.05) is 85.8 Å². The molecule has 1 aliphatic heterocycles. The van der Waals surface area contributed by atoms with E-state index in [0.717, 1.165) is 58.7 Å². The van der Waals surface area contributed by atoms with Gasteiger partial charge in [0.2, 0.25) is 0 Å². The highest BCUT2D eigenvalue weighted by Crippen LogP contribution is 2.57. The minimum absolute atomic E-state index is 0.138. The van der Waals surface area contributed by atoms with E-state index in [1.807, 2.05) is 18.2 Å². The normalized spacial score (nSPS) is 23.7. The van der Waals surface area contributed by atoms with E-state index in [0.29, 0.717) is 90.6 Å². The molecule has 1 unspecified atom stereocenters. The second-order valence-electron chi connectivity index (χ2n) is 20.0. The van der Waals surface area contributed by atoms with Gasteiger partial charge in [0.1, 0.15) is 41.5 Å². The number of hydrogen-bond acceptors (Lipinski definition) is 10. The Bertz CT molecular complexity index is 3390. The number of halogens is 6. The van der Waals surface area contributed by atoms with Crippen LogP contribution in [0.1, 0.15) is 58.1 Å². The van der Waals surface area contributed by atoms with Crippen LogP contribution in [0.4, 0.5) is 0 Å². The zero-order valence-corrected chi connectivity index (χ0v) is 47.4. The molecule has 74 heavy (non-hydrogen) atoms. The molecule has 7 atom stereocenters. The third-order valence-corrected chi connectivity index (χ3v) is 20.4. The molecule has 0 saturated carbocycles. The van der Waals surface area contributed by atoms with Crippen molar-refractivity contribution in [1.82, 2.24) is 4.90 Å². The van der Waals surface area contributed by atoms with Gasteiger partial charge >= 0.3 is 0 Å². The van der Waals surface area contributed by atoms with Crippen LogP contribution in [0.5, 0.6) is 17.2 Å². The standard InChI is InChI=1S/C54H51Cl6N2O9S3/c1-61-18-5-19-62(49-27-40-43(21-31(56)24-47(40)59)53(49)70-34-8-14-37(15-9-34)73(3,65)66,50-28-41-44(22-32(57)25-48(41)60)54(50)71-35-10-16-38(17-11-35)74(4,67)68)51(29-61)45-26-39-42(20-30(55)23-46(39)58)52(45)69-33-6-12-36(13-7-33)72(2,63)64/h6-17,20-25,45,49-54H,5,18-19,26-29H2,1-4H3/q+1/t45-,49-,50-,51?,52+,53+,54+/m0/s1. The maximum atomic E-state index is 12.7. The summed E-state index contributed by atoms with van der Waals surface area (Å²) in [5, 5.41) is 2.67. The minimum Gasteiger partial charge on any atom is -0.485 e. The summed E-state index contributed by atoms with van der Waals surface area (Å²) in [5.41, 5.74) is 4.93. The summed E-state index contributed by atoms with van der Waals surface area (Å²) in [6, 6.07) is 28.8. The third kappa shape index (κ3) is 10.3. The second-order valence-corrected chi connectivity index (χ2v) is 28.6. The molecule has 6 aromatic carbocycles. The summed E-state index contributed by atoms with van der Waals surface area (Å²) in [5.74, 6) is 0.939. The molecule has 1 saturated heterocycles. The van der Waals surface area contributed by atoms with Crippen LogP contribution >= 0.6 is 69.6 Å². The molecule has 6 aromatic rings. The molecule has 4 aliphatic rings. The molecule has 1 heterocycles. The summed E-state index contributed by atoms with van der Waals surface area (Å²) in [7, 11) is -8.50. The van der Waals surface area contributed by atoms with Gasteiger partial charge in [0.25, 0.3) is 0 Å². The fourth-order valence-electron chi connectivity index (χ4n) is 12.2. The zero-order chi connectivity index (χ0) is 52.8. The lowest BCUT2D eigenvalue weighted by molar-refractivity contribution is -1.00. The van der Waals surface area contributed by atoms with Gasteiger partial charge in [-0.1, -0.05) is 69.6 Å². The number of nitrogens with zero attached hydrogens (tertiary/aromatic N) is 2. The van der Waals surface area contributed by atoms with E-state index in [1.54, 1.807) is 54.6 Å². The second kappa shape index (κ2) is 20.2. The van der Waals surface area contributed by atoms with E-state index in [-0.39, 0.29) is 26.6 Å². The highest BCUT2D eigenvalue weighted by atomic mass is 35.5. The maximum Gasteiger partial charge on any atom is 0.176 e. The molecule has 3 aliphatic carbocycles. The highest BCUT2D eigenvalue weighted by molar-refractivity contribution is 7.91. The Labute approximate surface area is 462 Å². The molecule has 0 N–H and O–H groups in total. The molecule has 0 spiro atoms. The largest absolute Gasteiger partial charge is 0.485 e. The van der Waals surface area contributed by atoms with Gasteiger partial charge in [-0.2, -0.15) is 0 Å². The molecule has 0 radical (unpaired) electrons. The van der Waals surface area contributed by atoms with Crippen LogP contribution in [0.25, 0.3) is 0 Å². The van der Waals surface area contributed by atoms with Crippen LogP contribution in [0.2, 0.25) is 30.1 Å². The first-order chi connectivity index (χ1) is 34.9. The van der Waals surface area contributed by atoms with Crippen LogP contribution in [0.3, 0.4) is 0 Å². The fourth-order valence-corrected chi connectivity index (χ4v) is 15.8. The zero-order valence-electron chi connectivity index (χ0n) is 40.4. The number of quaternary nitrogens is 1. The Hall–Kier alpha value is -3.77. The van der Waals surface area contributed by atoms with Gasteiger partial charge in [-0.05, 0) is 145 Å². The quantitative estimate of drug-likeness (QED) is 0.109. The van der Waals surface area contributed by atoms with Crippen molar-refractivity contribution in [3.05, 3.63) is 173 Å². The summed E-state index contributed by atoms with van der Waals surface area (Å²) >= 11 is 42.5. The van der Waals surface area contributed by atoms with Crippen LogP contribution < -0.4 is 14.2 Å². The summed E-state index contributed by atoms with van der Waals surface area (Å²) in [4.78, 5) is 2.75. The smallest absolute Gasteiger partial charge is 0.176 e. The molecule has 10 rings (SSSR count). The number of rotatable bonds is 12. The average Bonchev–Trinajstić information content (AvgIpc) is 3.95. The molecule has 20 heteroatoms. The van der Waals surface area contributed by atoms with Gasteiger partial charge in [-0.15, -0.1) is 0 Å². The van der Waals surface area contributed by atoms with Crippen molar-refractivity contribution in [2.75, 3.05) is 45.4 Å². The third-order valence-electron chi connectivity index (χ3n) is 15.3. The van der Waals surface area contributed by atoms with Gasteiger partial charge in [0.15, 0.2) is 41.7 Å². The fraction of sp³-hybridized carbons (Fsp3) is 0.333. The number of sulfone groups is 3. The van der Waals surface area contributed by atoms with E-state index in [1.165, 1.54) is 36.4 Å². The Morgan fingerprint density at radius 1 is 0.473 bits per heavy atom. The van der Waals surface area contributed by atoms with Crippen molar-refractivity contribution in [3.63, 3.8) is 0 Å². The van der Waals surface area contributed by atoms with Gasteiger partial charge in [-0.25, -0.2) is 25.3 Å². The van der Waals surface area contributed by atoms with E-state index < -0.39 is 59.9 Å². The summed E-state index contributed by atoms with van der Waals surface area (Å²) < 4.78 is 98.1. The Morgan fingerprint density at radius 2 is 0.811 bits per heavy atom. The summed E-state index contributed by atoms with van der Waals surface area (Å²) in [6.07, 6.45) is 3.33. The predicted octanol–water partition coefficient (Wildman–Crippen LogP) is 12.1. The highest BCUT2D eigenvalue weighted by Gasteiger charge is 2.64. The molecule has 390 valence electrons. The SMILES string of the molecule is CN1CCC[N+]([C@H]2Cc3c(Cl)cc(Cl)cc3[C@H]2Oc2ccc(S(C)(=O)=O)cc2)([C@H]2Cc3c(Cl)cc(Cl)cc3[C@H]2Oc2ccc(S(C)(=O)=O)cc2)C([C@@H]2Cc3c(Cl)cc(Cl)cc3[C@H]2Oc2ccc(S(C)(=O)=O)cc2)C1. The Kier molecular flexibility index (Phi) is 14.7. The monoisotopic (exact) mass is 1180 g/mol. The first kappa shape index (κ1) is 53.6. The lowest BCUT2D eigenvalue weighted by Crippen LogP contribution is -2.72. The maximum absolute atomic E-state index is 12.7. The van der Waals surface area contributed by atoms with Gasteiger partial charge in [-0.3, -0.25) is 0 Å². The van der Waals surface area contributed by atoms with Crippen LogP contribution in [-0.2, 0) is 48.8 Å². The molecule has 0 bridgehead atoms. The van der Waals surface area contributed by atoms with Crippen LogP contribution in [0, 0.1) is 5.92 Å². The van der Waals surface area contributed by atoms with E-state index in [4.69, 9.17) is 83.8 Å². The molecule has 11 nitrogen and oxygen atoms in total. The topological polar surface area (TPSA) is 133 Å². The van der Waals surface area contributed by atoms with Gasteiger partial charge < -0.3 is 23.6 Å². The van der Waals surface area contributed by atoms with Crippen molar-refractivity contribution in [1.29, 1.82) is 0 Å². The van der Waals surface area contributed by atoms with Crippen LogP contribution in [0.15, 0.2) is 124 Å². The average molecular weight is 1180 g/mol. The van der Waals surface area contributed by atoms with E-state index in [2.05, 4.69) is 11.9 Å². The molecule has 0 amide bonds. The number of ether oxygens (including phenoxy) is 3. The predicted molar refractivity (Wildman–Crippen MR) is 291 cm³/mol. The first-order valence-corrected chi connectivity index (χ1v) is 31.7. The Balaban J connectivity index is 1.22. The van der Waals surface area contributed by atoms with Gasteiger partial charge in [0.05, 0.1) is 33.7 Å². The van der Waals surface area contributed by atoms with Crippen molar-refractivity contribution >= 4 is 99.1 Å². The minimum atomic E-state index is -3.54.